The summed E-state index contributed by atoms with van der Waals surface area (Å²) in [5.74, 6) is 0. The molecule has 0 unspecified atom stereocenters. The predicted molar refractivity (Wildman–Crippen MR) is 64.5 cm³/mol. The summed E-state index contributed by atoms with van der Waals surface area (Å²) in [5, 5.41) is 6.28. The maximum atomic E-state index is 4.41. The van der Waals surface area contributed by atoms with E-state index < -0.39 is 0 Å². The Hall–Kier alpha value is -1.10. The minimum Gasteiger partial charge on any atom is -0.303 e. The third-order valence-electron chi connectivity index (χ3n) is 2.93. The van der Waals surface area contributed by atoms with Gasteiger partial charge in [-0.05, 0) is 44.5 Å². The first-order valence-electron chi connectivity index (χ1n) is 5.49. The monoisotopic (exact) mass is 234 g/mol. The van der Waals surface area contributed by atoms with Crippen molar-refractivity contribution in [2.75, 3.05) is 0 Å². The van der Waals surface area contributed by atoms with E-state index in [0.717, 1.165) is 28.0 Å². The first-order chi connectivity index (χ1) is 7.65. The van der Waals surface area contributed by atoms with Crippen LogP contribution in [0.4, 0.5) is 0 Å². The minimum absolute atomic E-state index is 0.307. The Balaban J connectivity index is 1.74. The molecule has 2 aliphatic rings. The highest BCUT2D eigenvalue weighted by molar-refractivity contribution is 8.13. The van der Waals surface area contributed by atoms with E-state index in [9.17, 15) is 0 Å². The Labute approximate surface area is 99.0 Å². The van der Waals surface area contributed by atoms with Crippen LogP contribution in [0.15, 0.2) is 16.3 Å². The van der Waals surface area contributed by atoms with E-state index in [4.69, 9.17) is 0 Å². The molecule has 0 radical (unpaired) electrons. The lowest BCUT2D eigenvalue weighted by Crippen LogP contribution is -2.20. The summed E-state index contributed by atoms with van der Waals surface area (Å²) in [7, 11) is 0. The van der Waals surface area contributed by atoms with E-state index >= 15 is 0 Å². The van der Waals surface area contributed by atoms with Crippen LogP contribution in [0.25, 0.3) is 0 Å². The summed E-state index contributed by atoms with van der Waals surface area (Å²) in [5.41, 5.74) is 5.56. The minimum atomic E-state index is 0.307. The number of thioether (sulfide) groups is 1. The number of nitrogens with one attached hydrogen (secondary N) is 1. The van der Waals surface area contributed by atoms with Gasteiger partial charge in [0.25, 0.3) is 0 Å². The molecule has 1 saturated carbocycles. The standard InChI is InChI=1S/C11H14N4S/c1-7-5-8(2)13-10(12-7)16-9-6-11(3-4-11)15-14-9/h5,15H,3-4,6H2,1-2H3. The Morgan fingerprint density at radius 2 is 1.94 bits per heavy atom. The summed E-state index contributed by atoms with van der Waals surface area (Å²) >= 11 is 1.59. The van der Waals surface area contributed by atoms with Gasteiger partial charge in [-0.3, -0.25) is 0 Å². The van der Waals surface area contributed by atoms with Gasteiger partial charge in [-0.25, -0.2) is 9.97 Å². The lowest BCUT2D eigenvalue weighted by Gasteiger charge is -2.03. The van der Waals surface area contributed by atoms with Crippen molar-refractivity contribution in [3.05, 3.63) is 17.5 Å². The average Bonchev–Trinajstić information content (AvgIpc) is 2.81. The van der Waals surface area contributed by atoms with Crippen molar-refractivity contribution >= 4 is 16.8 Å². The predicted octanol–water partition coefficient (Wildman–Crippen LogP) is 2.02. The van der Waals surface area contributed by atoms with Crippen LogP contribution in [0.3, 0.4) is 0 Å². The molecule has 1 aromatic rings. The van der Waals surface area contributed by atoms with Crippen LogP contribution in [0.5, 0.6) is 0 Å². The van der Waals surface area contributed by atoms with Crippen molar-refractivity contribution in [1.82, 2.24) is 15.4 Å². The molecule has 1 aliphatic carbocycles. The van der Waals surface area contributed by atoms with Crippen molar-refractivity contribution in [2.45, 2.75) is 43.8 Å². The summed E-state index contributed by atoms with van der Waals surface area (Å²) in [6.07, 6.45) is 3.52. The van der Waals surface area contributed by atoms with E-state index in [0.29, 0.717) is 5.54 Å². The van der Waals surface area contributed by atoms with Gasteiger partial charge in [0, 0.05) is 17.8 Å². The van der Waals surface area contributed by atoms with Crippen LogP contribution >= 0.6 is 11.8 Å². The van der Waals surface area contributed by atoms with E-state index in [2.05, 4.69) is 20.5 Å². The van der Waals surface area contributed by atoms with Crippen molar-refractivity contribution in [3.63, 3.8) is 0 Å². The summed E-state index contributed by atoms with van der Waals surface area (Å²) in [4.78, 5) is 8.82. The first kappa shape index (κ1) is 10.1. The molecule has 84 valence electrons. The molecule has 0 aromatic carbocycles. The second-order valence-electron chi connectivity index (χ2n) is 4.61. The van der Waals surface area contributed by atoms with Crippen LogP contribution < -0.4 is 5.43 Å². The van der Waals surface area contributed by atoms with Crippen molar-refractivity contribution in [1.29, 1.82) is 0 Å². The number of rotatable bonds is 1. The van der Waals surface area contributed by atoms with Crippen LogP contribution in [0, 0.1) is 13.8 Å². The molecule has 0 amide bonds. The SMILES string of the molecule is Cc1cc(C)nc(SC2=NNC3(CC3)C2)n1. The molecule has 2 heterocycles. The molecular formula is C11H14N4S. The van der Waals surface area contributed by atoms with Gasteiger partial charge < -0.3 is 5.43 Å². The molecule has 5 heteroatoms. The molecular weight excluding hydrogens is 220 g/mol. The zero-order chi connectivity index (χ0) is 11.2. The van der Waals surface area contributed by atoms with Gasteiger partial charge in [0.1, 0.15) is 5.04 Å². The van der Waals surface area contributed by atoms with Gasteiger partial charge in [0.15, 0.2) is 5.16 Å². The molecule has 0 saturated heterocycles. The summed E-state index contributed by atoms with van der Waals surface area (Å²) in [6, 6.07) is 1.99. The molecule has 3 rings (SSSR count). The fourth-order valence-electron chi connectivity index (χ4n) is 1.89. The number of hydrogen-bond acceptors (Lipinski definition) is 5. The molecule has 1 fully saturated rings. The fourth-order valence-corrected chi connectivity index (χ4v) is 2.92. The van der Waals surface area contributed by atoms with Gasteiger partial charge in [-0.1, -0.05) is 0 Å². The first-order valence-corrected chi connectivity index (χ1v) is 6.31. The lowest BCUT2D eigenvalue weighted by molar-refractivity contribution is 0.577. The second kappa shape index (κ2) is 3.45. The molecule has 16 heavy (non-hydrogen) atoms. The third-order valence-corrected chi connectivity index (χ3v) is 3.77. The highest BCUT2D eigenvalue weighted by Crippen LogP contribution is 2.43. The van der Waals surface area contributed by atoms with Gasteiger partial charge in [0.05, 0.1) is 5.54 Å². The van der Waals surface area contributed by atoms with E-state index in [1.807, 2.05) is 19.9 Å². The third kappa shape index (κ3) is 1.91. The topological polar surface area (TPSA) is 50.2 Å². The van der Waals surface area contributed by atoms with E-state index in [1.165, 1.54) is 12.8 Å². The van der Waals surface area contributed by atoms with Crippen LogP contribution in [0.1, 0.15) is 30.7 Å². The van der Waals surface area contributed by atoms with Crippen molar-refractivity contribution in [2.24, 2.45) is 5.10 Å². The molecule has 0 atom stereocenters. The van der Waals surface area contributed by atoms with Crippen LogP contribution in [0.2, 0.25) is 0 Å². The highest BCUT2D eigenvalue weighted by atomic mass is 32.2. The van der Waals surface area contributed by atoms with E-state index in [1.54, 1.807) is 11.8 Å². The van der Waals surface area contributed by atoms with Crippen molar-refractivity contribution < 1.29 is 0 Å². The maximum Gasteiger partial charge on any atom is 0.194 e. The zero-order valence-corrected chi connectivity index (χ0v) is 10.3. The van der Waals surface area contributed by atoms with Crippen molar-refractivity contribution in [3.8, 4) is 0 Å². The van der Waals surface area contributed by atoms with Gasteiger partial charge in [-0.2, -0.15) is 5.10 Å². The Kier molecular flexibility index (Phi) is 2.17. The molecule has 1 N–H and O–H groups in total. The maximum absolute atomic E-state index is 4.41. The van der Waals surface area contributed by atoms with Gasteiger partial charge in [-0.15, -0.1) is 0 Å². The normalized spacial score (nSPS) is 20.8. The average molecular weight is 234 g/mol. The molecule has 1 spiro atoms. The van der Waals surface area contributed by atoms with Gasteiger partial charge >= 0.3 is 0 Å². The molecule has 1 aromatic heterocycles. The number of hydrazone groups is 1. The highest BCUT2D eigenvalue weighted by Gasteiger charge is 2.47. The largest absolute Gasteiger partial charge is 0.303 e. The molecule has 4 nitrogen and oxygen atoms in total. The summed E-state index contributed by atoms with van der Waals surface area (Å²) < 4.78 is 0. The number of nitrogens with zero attached hydrogens (tertiary/aromatic N) is 3. The Morgan fingerprint density at radius 1 is 1.25 bits per heavy atom. The second-order valence-corrected chi connectivity index (χ2v) is 5.65. The number of aromatic nitrogens is 2. The fraction of sp³-hybridized carbons (Fsp3) is 0.545. The molecule has 0 bridgehead atoms. The lowest BCUT2D eigenvalue weighted by atomic mass is 10.2. The van der Waals surface area contributed by atoms with Crippen LogP contribution in [-0.2, 0) is 0 Å². The number of aryl methyl sites for hydroxylation is 2. The Morgan fingerprint density at radius 3 is 2.50 bits per heavy atom. The number of hydrogen-bond donors (Lipinski definition) is 1. The smallest absolute Gasteiger partial charge is 0.194 e. The zero-order valence-electron chi connectivity index (χ0n) is 9.45. The Bertz CT molecular complexity index is 445. The van der Waals surface area contributed by atoms with E-state index in [-0.39, 0.29) is 0 Å². The molecule has 1 aliphatic heterocycles. The summed E-state index contributed by atoms with van der Waals surface area (Å²) in [6.45, 7) is 3.99. The van der Waals surface area contributed by atoms with Crippen LogP contribution in [-0.4, -0.2) is 20.6 Å². The quantitative estimate of drug-likeness (QED) is 0.755. The van der Waals surface area contributed by atoms with Gasteiger partial charge in [0.2, 0.25) is 0 Å².